The molecule has 1 saturated heterocycles. The van der Waals surface area contributed by atoms with Crippen LogP contribution in [0.15, 0.2) is 22.7 Å². The highest BCUT2D eigenvalue weighted by Gasteiger charge is 2.14. The lowest BCUT2D eigenvalue weighted by atomic mass is 10.1. The van der Waals surface area contributed by atoms with E-state index in [2.05, 4.69) is 27.3 Å². The van der Waals surface area contributed by atoms with Gasteiger partial charge in [-0.2, -0.15) is 11.8 Å². The van der Waals surface area contributed by atoms with Crippen molar-refractivity contribution in [2.45, 2.75) is 18.9 Å². The number of rotatable bonds is 3. The van der Waals surface area contributed by atoms with Crippen molar-refractivity contribution in [2.75, 3.05) is 23.9 Å². The summed E-state index contributed by atoms with van der Waals surface area (Å²) < 4.78 is 6.25. The molecule has 0 spiro atoms. The van der Waals surface area contributed by atoms with Crippen LogP contribution in [0.1, 0.15) is 12.8 Å². The molecule has 0 saturated carbocycles. The summed E-state index contributed by atoms with van der Waals surface area (Å²) in [5.74, 6) is 3.40. The van der Waals surface area contributed by atoms with Crippen LogP contribution in [0.2, 0.25) is 0 Å². The van der Waals surface area contributed by atoms with Gasteiger partial charge in [-0.1, -0.05) is 0 Å². The number of nitrogens with one attached hydrogen (secondary N) is 1. The number of methoxy groups -OCH3 is 1. The molecule has 1 heterocycles. The largest absolute Gasteiger partial charge is 0.497 e. The number of anilines is 1. The standard InChI is InChI=1S/C12H16BrNOS/c1-15-10-4-5-12(11(13)7-10)14-9-3-2-6-16-8-9/h4-5,7,9,14H,2-3,6,8H2,1H3. The van der Waals surface area contributed by atoms with E-state index in [1.807, 2.05) is 23.9 Å². The van der Waals surface area contributed by atoms with Crippen molar-refractivity contribution in [2.24, 2.45) is 0 Å². The summed E-state index contributed by atoms with van der Waals surface area (Å²) in [7, 11) is 1.69. The van der Waals surface area contributed by atoms with Crippen LogP contribution in [0.3, 0.4) is 0 Å². The van der Waals surface area contributed by atoms with Gasteiger partial charge in [0.05, 0.1) is 7.11 Å². The zero-order valence-corrected chi connectivity index (χ0v) is 11.7. The van der Waals surface area contributed by atoms with Crippen LogP contribution in [0.25, 0.3) is 0 Å². The van der Waals surface area contributed by atoms with Gasteiger partial charge in [0.2, 0.25) is 0 Å². The summed E-state index contributed by atoms with van der Waals surface area (Å²) in [6.45, 7) is 0. The van der Waals surface area contributed by atoms with Crippen LogP contribution in [0.5, 0.6) is 5.75 Å². The van der Waals surface area contributed by atoms with Gasteiger partial charge >= 0.3 is 0 Å². The van der Waals surface area contributed by atoms with Crippen molar-refractivity contribution >= 4 is 33.4 Å². The Labute approximate surface area is 109 Å². The molecule has 1 aliphatic rings. The molecule has 0 aromatic heterocycles. The Balaban J connectivity index is 2.03. The third kappa shape index (κ3) is 3.08. The Morgan fingerprint density at radius 2 is 2.38 bits per heavy atom. The van der Waals surface area contributed by atoms with E-state index in [1.165, 1.54) is 24.3 Å². The normalized spacial score (nSPS) is 20.5. The van der Waals surface area contributed by atoms with Gasteiger partial charge in [0, 0.05) is 22.0 Å². The van der Waals surface area contributed by atoms with Crippen molar-refractivity contribution in [1.29, 1.82) is 0 Å². The van der Waals surface area contributed by atoms with E-state index in [9.17, 15) is 0 Å². The molecular weight excluding hydrogens is 286 g/mol. The highest BCUT2D eigenvalue weighted by molar-refractivity contribution is 9.10. The fourth-order valence-electron chi connectivity index (χ4n) is 1.81. The molecule has 1 aliphatic heterocycles. The first-order valence-corrected chi connectivity index (χ1v) is 7.42. The molecule has 1 fully saturated rings. The second-order valence-electron chi connectivity index (χ2n) is 3.90. The molecule has 0 bridgehead atoms. The van der Waals surface area contributed by atoms with Gasteiger partial charge in [-0.15, -0.1) is 0 Å². The van der Waals surface area contributed by atoms with Crippen molar-refractivity contribution in [1.82, 2.24) is 0 Å². The van der Waals surface area contributed by atoms with Gasteiger partial charge in [-0.25, -0.2) is 0 Å². The summed E-state index contributed by atoms with van der Waals surface area (Å²) in [5, 5.41) is 3.58. The number of halogens is 1. The Bertz CT molecular complexity index is 353. The van der Waals surface area contributed by atoms with E-state index in [0.717, 1.165) is 15.9 Å². The molecule has 2 rings (SSSR count). The van der Waals surface area contributed by atoms with E-state index in [4.69, 9.17) is 4.74 Å². The summed E-state index contributed by atoms with van der Waals surface area (Å²) in [5.41, 5.74) is 1.16. The van der Waals surface area contributed by atoms with Crippen molar-refractivity contribution in [3.63, 3.8) is 0 Å². The highest BCUT2D eigenvalue weighted by atomic mass is 79.9. The van der Waals surface area contributed by atoms with Gasteiger partial charge in [-0.05, 0) is 52.7 Å². The monoisotopic (exact) mass is 301 g/mol. The molecule has 88 valence electrons. The Morgan fingerprint density at radius 1 is 1.50 bits per heavy atom. The first kappa shape index (κ1) is 12.1. The quantitative estimate of drug-likeness (QED) is 0.918. The van der Waals surface area contributed by atoms with E-state index >= 15 is 0 Å². The third-order valence-electron chi connectivity index (χ3n) is 2.70. The second kappa shape index (κ2) is 5.82. The zero-order valence-electron chi connectivity index (χ0n) is 9.33. The number of benzene rings is 1. The predicted molar refractivity (Wildman–Crippen MR) is 74.7 cm³/mol. The first-order valence-electron chi connectivity index (χ1n) is 5.47. The van der Waals surface area contributed by atoms with Crippen LogP contribution in [-0.2, 0) is 0 Å². The number of hydrogen-bond donors (Lipinski definition) is 1. The molecule has 0 aliphatic carbocycles. The van der Waals surface area contributed by atoms with Gasteiger partial charge < -0.3 is 10.1 Å². The smallest absolute Gasteiger partial charge is 0.120 e. The first-order chi connectivity index (χ1) is 7.79. The van der Waals surface area contributed by atoms with Crippen LogP contribution < -0.4 is 10.1 Å². The number of hydrogen-bond acceptors (Lipinski definition) is 3. The fourth-order valence-corrected chi connectivity index (χ4v) is 3.36. The average molecular weight is 302 g/mol. The minimum atomic E-state index is 0.600. The van der Waals surface area contributed by atoms with E-state index in [0.29, 0.717) is 6.04 Å². The maximum Gasteiger partial charge on any atom is 0.120 e. The van der Waals surface area contributed by atoms with Crippen molar-refractivity contribution in [3.8, 4) is 5.75 Å². The van der Waals surface area contributed by atoms with Gasteiger partial charge in [0.1, 0.15) is 5.75 Å². The zero-order chi connectivity index (χ0) is 11.4. The number of thioether (sulfide) groups is 1. The fraction of sp³-hybridized carbons (Fsp3) is 0.500. The highest BCUT2D eigenvalue weighted by Crippen LogP contribution is 2.29. The molecule has 16 heavy (non-hydrogen) atoms. The minimum Gasteiger partial charge on any atom is -0.497 e. The van der Waals surface area contributed by atoms with Gasteiger partial charge in [0.25, 0.3) is 0 Å². The minimum absolute atomic E-state index is 0.600. The van der Waals surface area contributed by atoms with E-state index < -0.39 is 0 Å². The topological polar surface area (TPSA) is 21.3 Å². The van der Waals surface area contributed by atoms with Crippen LogP contribution in [-0.4, -0.2) is 24.7 Å². The SMILES string of the molecule is COc1ccc(NC2CCCSC2)c(Br)c1. The molecule has 1 unspecified atom stereocenters. The molecule has 1 N–H and O–H groups in total. The molecule has 1 aromatic carbocycles. The lowest BCUT2D eigenvalue weighted by Crippen LogP contribution is -2.25. The lowest BCUT2D eigenvalue weighted by molar-refractivity contribution is 0.414. The van der Waals surface area contributed by atoms with Crippen LogP contribution in [0.4, 0.5) is 5.69 Å². The summed E-state index contributed by atoms with van der Waals surface area (Å²) in [4.78, 5) is 0. The van der Waals surface area contributed by atoms with E-state index in [-0.39, 0.29) is 0 Å². The Kier molecular flexibility index (Phi) is 4.41. The maximum absolute atomic E-state index is 5.18. The van der Waals surface area contributed by atoms with Crippen molar-refractivity contribution in [3.05, 3.63) is 22.7 Å². The third-order valence-corrected chi connectivity index (χ3v) is 4.57. The lowest BCUT2D eigenvalue weighted by Gasteiger charge is -2.24. The maximum atomic E-state index is 5.18. The Hall–Kier alpha value is -0.350. The van der Waals surface area contributed by atoms with E-state index in [1.54, 1.807) is 7.11 Å². The van der Waals surface area contributed by atoms with Gasteiger partial charge in [0.15, 0.2) is 0 Å². The molecular formula is C12H16BrNOS. The van der Waals surface area contributed by atoms with Crippen molar-refractivity contribution < 1.29 is 4.74 Å². The van der Waals surface area contributed by atoms with Crippen LogP contribution >= 0.6 is 27.7 Å². The molecule has 1 aromatic rings. The molecule has 1 atom stereocenters. The summed E-state index contributed by atoms with van der Waals surface area (Å²) in [6.07, 6.45) is 2.58. The molecule has 0 radical (unpaired) electrons. The predicted octanol–water partition coefficient (Wildman–Crippen LogP) is 3.77. The molecule has 2 nitrogen and oxygen atoms in total. The van der Waals surface area contributed by atoms with Gasteiger partial charge in [-0.3, -0.25) is 0 Å². The number of ether oxygens (including phenoxy) is 1. The van der Waals surface area contributed by atoms with Crippen LogP contribution in [0, 0.1) is 0 Å². The molecule has 0 amide bonds. The molecule has 4 heteroatoms. The second-order valence-corrected chi connectivity index (χ2v) is 5.91. The Morgan fingerprint density at radius 3 is 3.00 bits per heavy atom. The summed E-state index contributed by atoms with van der Waals surface area (Å²) >= 11 is 5.60. The summed E-state index contributed by atoms with van der Waals surface area (Å²) in [6, 6.07) is 6.66. The average Bonchev–Trinajstić information content (AvgIpc) is 2.33.